The highest BCUT2D eigenvalue weighted by Crippen LogP contribution is 2.20. The second-order valence-electron chi connectivity index (χ2n) is 4.67. The van der Waals surface area contributed by atoms with Gasteiger partial charge in [-0.05, 0) is 30.0 Å². The second-order valence-corrected chi connectivity index (χ2v) is 4.67. The fraction of sp³-hybridized carbons (Fsp3) is 0.429. The maximum atomic E-state index is 4.04. The molecule has 0 fully saturated rings. The van der Waals surface area contributed by atoms with Crippen LogP contribution in [0.15, 0.2) is 30.5 Å². The number of hydrogen-bond acceptors (Lipinski definition) is 3. The van der Waals surface area contributed by atoms with E-state index in [9.17, 15) is 0 Å². The zero-order valence-corrected chi connectivity index (χ0v) is 11.2. The molecule has 1 aromatic carbocycles. The number of benzene rings is 1. The van der Waals surface area contributed by atoms with Gasteiger partial charge in [-0.25, -0.2) is 0 Å². The van der Waals surface area contributed by atoms with Crippen molar-refractivity contribution < 1.29 is 0 Å². The van der Waals surface area contributed by atoms with Crippen LogP contribution < -0.4 is 5.32 Å². The van der Waals surface area contributed by atoms with Gasteiger partial charge in [0, 0.05) is 18.9 Å². The monoisotopic (exact) mass is 244 g/mol. The van der Waals surface area contributed by atoms with Crippen LogP contribution in [0, 0.1) is 0 Å². The molecule has 2 aromatic rings. The molecular formula is C14H20N4. The van der Waals surface area contributed by atoms with Crippen molar-refractivity contribution in [2.75, 3.05) is 5.32 Å². The third-order valence-electron chi connectivity index (χ3n) is 3.22. The van der Waals surface area contributed by atoms with Gasteiger partial charge in [0.25, 0.3) is 0 Å². The van der Waals surface area contributed by atoms with E-state index < -0.39 is 0 Å². The number of nitrogens with one attached hydrogen (secondary N) is 1. The van der Waals surface area contributed by atoms with E-state index in [1.54, 1.807) is 4.68 Å². The van der Waals surface area contributed by atoms with Crippen molar-refractivity contribution in [3.8, 4) is 0 Å². The summed E-state index contributed by atoms with van der Waals surface area (Å²) in [5.74, 6) is 0.624. The smallest absolute Gasteiger partial charge is 0.102 e. The standard InChI is InChI=1S/C14H20N4/c1-4-11(2)12-5-7-13(8-6-12)15-9-14-10-18(3)17-16-14/h5-8,10-11,15H,4,9H2,1-3H3. The van der Waals surface area contributed by atoms with Crippen molar-refractivity contribution in [3.63, 3.8) is 0 Å². The van der Waals surface area contributed by atoms with Gasteiger partial charge in [-0.2, -0.15) is 0 Å². The topological polar surface area (TPSA) is 42.7 Å². The summed E-state index contributed by atoms with van der Waals surface area (Å²) in [6.07, 6.45) is 3.09. The summed E-state index contributed by atoms with van der Waals surface area (Å²) in [6, 6.07) is 8.62. The molecule has 1 aromatic heterocycles. The molecule has 1 N–H and O–H groups in total. The molecule has 0 aliphatic rings. The fourth-order valence-corrected chi connectivity index (χ4v) is 1.83. The first-order chi connectivity index (χ1) is 8.69. The lowest BCUT2D eigenvalue weighted by Crippen LogP contribution is -2.00. The molecule has 0 aliphatic heterocycles. The molecule has 0 saturated carbocycles. The fourth-order valence-electron chi connectivity index (χ4n) is 1.83. The van der Waals surface area contributed by atoms with Crippen molar-refractivity contribution >= 4 is 5.69 Å². The quantitative estimate of drug-likeness (QED) is 0.879. The highest BCUT2D eigenvalue weighted by molar-refractivity contribution is 5.45. The molecule has 18 heavy (non-hydrogen) atoms. The number of rotatable bonds is 5. The third kappa shape index (κ3) is 3.09. The highest BCUT2D eigenvalue weighted by Gasteiger charge is 2.02. The Balaban J connectivity index is 1.94. The van der Waals surface area contributed by atoms with E-state index in [1.165, 1.54) is 12.0 Å². The zero-order valence-electron chi connectivity index (χ0n) is 11.2. The van der Waals surface area contributed by atoms with Crippen LogP contribution in [0.5, 0.6) is 0 Å². The van der Waals surface area contributed by atoms with Gasteiger partial charge in [-0.1, -0.05) is 31.2 Å². The summed E-state index contributed by atoms with van der Waals surface area (Å²) < 4.78 is 1.71. The first-order valence-electron chi connectivity index (χ1n) is 6.38. The summed E-state index contributed by atoms with van der Waals surface area (Å²) in [7, 11) is 1.87. The van der Waals surface area contributed by atoms with Crippen LogP contribution in [-0.4, -0.2) is 15.0 Å². The lowest BCUT2D eigenvalue weighted by atomic mass is 9.99. The van der Waals surface area contributed by atoms with Crippen LogP contribution in [0.1, 0.15) is 37.4 Å². The van der Waals surface area contributed by atoms with Crippen molar-refractivity contribution in [2.45, 2.75) is 32.7 Å². The van der Waals surface area contributed by atoms with E-state index in [-0.39, 0.29) is 0 Å². The lowest BCUT2D eigenvalue weighted by molar-refractivity contribution is 0.713. The molecule has 0 bridgehead atoms. The van der Waals surface area contributed by atoms with Crippen LogP contribution in [0.4, 0.5) is 5.69 Å². The van der Waals surface area contributed by atoms with E-state index in [0.29, 0.717) is 12.5 Å². The molecule has 1 unspecified atom stereocenters. The van der Waals surface area contributed by atoms with E-state index >= 15 is 0 Å². The average molecular weight is 244 g/mol. The minimum atomic E-state index is 0.624. The molecule has 0 aliphatic carbocycles. The van der Waals surface area contributed by atoms with Gasteiger partial charge in [0.2, 0.25) is 0 Å². The highest BCUT2D eigenvalue weighted by atomic mass is 15.4. The Labute approximate surface area is 108 Å². The molecule has 0 amide bonds. The van der Waals surface area contributed by atoms with Crippen LogP contribution in [-0.2, 0) is 13.6 Å². The predicted octanol–water partition coefficient (Wildman–Crippen LogP) is 2.94. The molecular weight excluding hydrogens is 224 g/mol. The number of aromatic nitrogens is 3. The van der Waals surface area contributed by atoms with E-state index in [4.69, 9.17) is 0 Å². The van der Waals surface area contributed by atoms with Crippen LogP contribution in [0.25, 0.3) is 0 Å². The number of anilines is 1. The van der Waals surface area contributed by atoms with Gasteiger partial charge >= 0.3 is 0 Å². The Morgan fingerprint density at radius 1 is 1.28 bits per heavy atom. The minimum absolute atomic E-state index is 0.624. The Morgan fingerprint density at radius 2 is 2.00 bits per heavy atom. The molecule has 1 atom stereocenters. The maximum Gasteiger partial charge on any atom is 0.102 e. The van der Waals surface area contributed by atoms with Gasteiger partial charge in [-0.15, -0.1) is 5.10 Å². The molecule has 0 radical (unpaired) electrons. The minimum Gasteiger partial charge on any atom is -0.379 e. The molecule has 1 heterocycles. The van der Waals surface area contributed by atoms with Crippen LogP contribution >= 0.6 is 0 Å². The average Bonchev–Trinajstić information content (AvgIpc) is 2.82. The van der Waals surface area contributed by atoms with Gasteiger partial charge in [-0.3, -0.25) is 4.68 Å². The normalized spacial score (nSPS) is 12.4. The third-order valence-corrected chi connectivity index (χ3v) is 3.22. The van der Waals surface area contributed by atoms with Crippen molar-refractivity contribution in [1.82, 2.24) is 15.0 Å². The molecule has 4 nitrogen and oxygen atoms in total. The summed E-state index contributed by atoms with van der Waals surface area (Å²) in [6.45, 7) is 5.17. The second kappa shape index (κ2) is 5.67. The SMILES string of the molecule is CCC(C)c1ccc(NCc2cn(C)nn2)cc1. The number of aryl methyl sites for hydroxylation is 1. The van der Waals surface area contributed by atoms with E-state index in [1.807, 2.05) is 13.2 Å². The first-order valence-corrected chi connectivity index (χ1v) is 6.38. The molecule has 0 spiro atoms. The van der Waals surface area contributed by atoms with E-state index in [2.05, 4.69) is 53.7 Å². The molecule has 0 saturated heterocycles. The summed E-state index contributed by atoms with van der Waals surface area (Å²) in [5, 5.41) is 11.3. The van der Waals surface area contributed by atoms with Crippen molar-refractivity contribution in [2.24, 2.45) is 7.05 Å². The first kappa shape index (κ1) is 12.6. The van der Waals surface area contributed by atoms with Crippen LogP contribution in [0.2, 0.25) is 0 Å². The molecule has 4 heteroatoms. The Morgan fingerprint density at radius 3 is 2.56 bits per heavy atom. The maximum absolute atomic E-state index is 4.04. The van der Waals surface area contributed by atoms with Gasteiger partial charge in [0.1, 0.15) is 5.69 Å². The number of nitrogens with zero attached hydrogens (tertiary/aromatic N) is 3. The van der Waals surface area contributed by atoms with Gasteiger partial charge in [0.15, 0.2) is 0 Å². The van der Waals surface area contributed by atoms with E-state index in [0.717, 1.165) is 11.4 Å². The largest absolute Gasteiger partial charge is 0.379 e. The summed E-state index contributed by atoms with van der Waals surface area (Å²) in [4.78, 5) is 0. The lowest BCUT2D eigenvalue weighted by Gasteiger charge is -2.10. The van der Waals surface area contributed by atoms with Crippen molar-refractivity contribution in [1.29, 1.82) is 0 Å². The van der Waals surface area contributed by atoms with Crippen LogP contribution in [0.3, 0.4) is 0 Å². The predicted molar refractivity (Wildman–Crippen MR) is 73.5 cm³/mol. The van der Waals surface area contributed by atoms with Gasteiger partial charge < -0.3 is 5.32 Å². The zero-order chi connectivity index (χ0) is 13.0. The molecule has 2 rings (SSSR count). The Bertz CT molecular complexity index is 487. The number of hydrogen-bond donors (Lipinski definition) is 1. The summed E-state index contributed by atoms with van der Waals surface area (Å²) >= 11 is 0. The summed E-state index contributed by atoms with van der Waals surface area (Å²) in [5.41, 5.74) is 3.46. The Hall–Kier alpha value is -1.84. The van der Waals surface area contributed by atoms with Gasteiger partial charge in [0.05, 0.1) is 6.54 Å². The van der Waals surface area contributed by atoms with Crippen molar-refractivity contribution in [3.05, 3.63) is 41.7 Å². The Kier molecular flexibility index (Phi) is 3.97. The molecule has 96 valence electrons.